The first-order chi connectivity index (χ1) is 12.2. The van der Waals surface area contributed by atoms with Crippen LogP contribution < -0.4 is 11.1 Å². The van der Waals surface area contributed by atoms with E-state index in [4.69, 9.17) is 15.2 Å². The number of hydrogen-bond acceptors (Lipinski definition) is 5. The predicted molar refractivity (Wildman–Crippen MR) is 95.9 cm³/mol. The topological polar surface area (TPSA) is 111 Å². The maximum atomic E-state index is 12.4. The van der Waals surface area contributed by atoms with E-state index in [1.807, 2.05) is 0 Å². The molecular formula is C18H25N3O5. The lowest BCUT2D eigenvalue weighted by atomic mass is 10.1. The molecule has 0 bridgehead atoms. The van der Waals surface area contributed by atoms with E-state index in [1.54, 1.807) is 45.0 Å². The van der Waals surface area contributed by atoms with Gasteiger partial charge in [0, 0.05) is 6.54 Å². The summed E-state index contributed by atoms with van der Waals surface area (Å²) in [6.07, 6.45) is 0.893. The van der Waals surface area contributed by atoms with Crippen LogP contribution in [0.15, 0.2) is 24.3 Å². The number of hydrogen-bond donors (Lipinski definition) is 2. The third-order valence-electron chi connectivity index (χ3n) is 3.85. The molecule has 3 N–H and O–H groups in total. The van der Waals surface area contributed by atoms with Crippen molar-refractivity contribution in [3.8, 4) is 0 Å². The molecule has 1 saturated heterocycles. The van der Waals surface area contributed by atoms with Crippen LogP contribution in [0.25, 0.3) is 0 Å². The van der Waals surface area contributed by atoms with Crippen molar-refractivity contribution in [3.05, 3.63) is 29.8 Å². The average Bonchev–Trinajstić information content (AvgIpc) is 3.00. The number of nitrogens with zero attached hydrogens (tertiary/aromatic N) is 1. The lowest BCUT2D eigenvalue weighted by Crippen LogP contribution is -2.42. The Labute approximate surface area is 152 Å². The summed E-state index contributed by atoms with van der Waals surface area (Å²) < 4.78 is 10.5. The fraction of sp³-hybridized carbons (Fsp3) is 0.500. The van der Waals surface area contributed by atoms with Gasteiger partial charge in [-0.25, -0.2) is 14.4 Å². The maximum Gasteiger partial charge on any atom is 0.412 e. The number of nitrogens with one attached hydrogen (secondary N) is 1. The summed E-state index contributed by atoms with van der Waals surface area (Å²) in [6, 6.07) is 5.76. The van der Waals surface area contributed by atoms with Crippen LogP contribution in [0.4, 0.5) is 15.3 Å². The molecule has 1 aromatic carbocycles. The molecule has 0 radical (unpaired) electrons. The van der Waals surface area contributed by atoms with Gasteiger partial charge in [0.15, 0.2) is 0 Å². The molecule has 1 aliphatic rings. The molecule has 3 amide bonds. The van der Waals surface area contributed by atoms with Crippen molar-refractivity contribution in [2.75, 3.05) is 18.5 Å². The Kier molecular flexibility index (Phi) is 6.07. The van der Waals surface area contributed by atoms with Crippen molar-refractivity contribution in [1.82, 2.24) is 4.90 Å². The van der Waals surface area contributed by atoms with Gasteiger partial charge in [-0.15, -0.1) is 0 Å². The molecule has 1 unspecified atom stereocenters. The lowest BCUT2D eigenvalue weighted by Gasteiger charge is -2.22. The van der Waals surface area contributed by atoms with E-state index in [9.17, 15) is 14.4 Å². The molecule has 1 fully saturated rings. The minimum atomic E-state index is -0.659. The summed E-state index contributed by atoms with van der Waals surface area (Å²) >= 11 is 0. The van der Waals surface area contributed by atoms with E-state index >= 15 is 0 Å². The standard InChI is InChI=1S/C18H25N3O5/c1-18(2,3)26-17(24)20-14-9-5-4-8-13(14)15(22)25-11-12-7-6-10-21(12)16(19)23/h4-5,8-9,12H,6-7,10-11H2,1-3H3,(H2,19,23)(H,20,24). The van der Waals surface area contributed by atoms with Gasteiger partial charge < -0.3 is 20.1 Å². The highest BCUT2D eigenvalue weighted by molar-refractivity contribution is 5.99. The number of para-hydroxylation sites is 1. The zero-order chi connectivity index (χ0) is 19.3. The van der Waals surface area contributed by atoms with Crippen molar-refractivity contribution in [1.29, 1.82) is 0 Å². The fourth-order valence-corrected chi connectivity index (χ4v) is 2.73. The monoisotopic (exact) mass is 363 g/mol. The van der Waals surface area contributed by atoms with Gasteiger partial charge in [0.2, 0.25) is 0 Å². The van der Waals surface area contributed by atoms with E-state index in [-0.39, 0.29) is 18.2 Å². The Morgan fingerprint density at radius 3 is 2.62 bits per heavy atom. The van der Waals surface area contributed by atoms with Crippen molar-refractivity contribution >= 4 is 23.8 Å². The van der Waals surface area contributed by atoms with Gasteiger partial charge in [-0.05, 0) is 45.7 Å². The van der Waals surface area contributed by atoms with E-state index in [1.165, 1.54) is 4.90 Å². The minimum Gasteiger partial charge on any atom is -0.460 e. The third kappa shape index (κ3) is 5.37. The number of primary amides is 1. The molecule has 26 heavy (non-hydrogen) atoms. The van der Waals surface area contributed by atoms with Gasteiger partial charge >= 0.3 is 18.1 Å². The Balaban J connectivity index is 2.01. The zero-order valence-electron chi connectivity index (χ0n) is 15.3. The summed E-state index contributed by atoms with van der Waals surface area (Å²) in [5, 5.41) is 2.56. The molecule has 1 aliphatic heterocycles. The van der Waals surface area contributed by atoms with Crippen LogP contribution in [0.1, 0.15) is 44.0 Å². The number of anilines is 1. The van der Waals surface area contributed by atoms with Crippen LogP contribution >= 0.6 is 0 Å². The largest absolute Gasteiger partial charge is 0.460 e. The van der Waals surface area contributed by atoms with Crippen molar-refractivity contribution in [3.63, 3.8) is 0 Å². The number of ether oxygens (including phenoxy) is 2. The summed E-state index contributed by atoms with van der Waals surface area (Å²) in [5.41, 5.74) is 5.17. The first kappa shape index (κ1) is 19.6. The number of carbonyl (C=O) groups excluding carboxylic acids is 3. The second-order valence-corrected chi connectivity index (χ2v) is 7.10. The van der Waals surface area contributed by atoms with E-state index in [2.05, 4.69) is 5.32 Å². The van der Waals surface area contributed by atoms with Crippen molar-refractivity contribution < 1.29 is 23.9 Å². The molecule has 8 nitrogen and oxygen atoms in total. The lowest BCUT2D eigenvalue weighted by molar-refractivity contribution is 0.0423. The molecule has 8 heteroatoms. The smallest absolute Gasteiger partial charge is 0.412 e. The van der Waals surface area contributed by atoms with Crippen molar-refractivity contribution in [2.45, 2.75) is 45.3 Å². The van der Waals surface area contributed by atoms with Crippen LogP contribution in [0.2, 0.25) is 0 Å². The highest BCUT2D eigenvalue weighted by Gasteiger charge is 2.29. The second-order valence-electron chi connectivity index (χ2n) is 7.10. The number of carbonyl (C=O) groups is 3. The summed E-state index contributed by atoms with van der Waals surface area (Å²) in [5.74, 6) is -0.590. The van der Waals surface area contributed by atoms with Gasteiger partial charge in [-0.1, -0.05) is 12.1 Å². The normalized spacial score (nSPS) is 16.9. The minimum absolute atomic E-state index is 0.0581. The van der Waals surface area contributed by atoms with Gasteiger partial charge in [0.1, 0.15) is 12.2 Å². The predicted octanol–water partition coefficient (Wildman–Crippen LogP) is 2.73. The number of urea groups is 1. The first-order valence-corrected chi connectivity index (χ1v) is 8.49. The molecule has 1 aromatic rings. The summed E-state index contributed by atoms with van der Waals surface area (Å²) in [4.78, 5) is 37.2. The summed E-state index contributed by atoms with van der Waals surface area (Å²) in [7, 11) is 0. The summed E-state index contributed by atoms with van der Waals surface area (Å²) in [6.45, 7) is 5.87. The Morgan fingerprint density at radius 2 is 1.96 bits per heavy atom. The quantitative estimate of drug-likeness (QED) is 0.799. The van der Waals surface area contributed by atoms with Crippen LogP contribution in [-0.2, 0) is 9.47 Å². The molecule has 0 aliphatic carbocycles. The average molecular weight is 363 g/mol. The van der Waals surface area contributed by atoms with Crippen LogP contribution in [0.5, 0.6) is 0 Å². The number of rotatable bonds is 4. The molecule has 2 rings (SSSR count). The molecule has 0 aromatic heterocycles. The van der Waals surface area contributed by atoms with E-state index in [0.29, 0.717) is 12.2 Å². The Hall–Kier alpha value is -2.77. The first-order valence-electron chi connectivity index (χ1n) is 8.49. The maximum absolute atomic E-state index is 12.4. The van der Waals surface area contributed by atoms with Crippen LogP contribution in [0.3, 0.4) is 0 Å². The van der Waals surface area contributed by atoms with Crippen LogP contribution in [-0.4, -0.2) is 47.8 Å². The zero-order valence-corrected chi connectivity index (χ0v) is 15.3. The highest BCUT2D eigenvalue weighted by Crippen LogP contribution is 2.20. The SMILES string of the molecule is CC(C)(C)OC(=O)Nc1ccccc1C(=O)OCC1CCCN1C(N)=O. The van der Waals surface area contributed by atoms with Gasteiger partial charge in [-0.2, -0.15) is 0 Å². The number of benzene rings is 1. The van der Waals surface area contributed by atoms with Crippen LogP contribution in [0, 0.1) is 0 Å². The molecule has 1 atom stereocenters. The second kappa shape index (κ2) is 8.07. The van der Waals surface area contributed by atoms with Crippen molar-refractivity contribution in [2.24, 2.45) is 5.73 Å². The molecule has 142 valence electrons. The molecule has 0 saturated carbocycles. The third-order valence-corrected chi connectivity index (χ3v) is 3.85. The van der Waals surface area contributed by atoms with Gasteiger partial charge in [0.25, 0.3) is 0 Å². The Morgan fingerprint density at radius 1 is 1.27 bits per heavy atom. The number of esters is 1. The van der Waals surface area contributed by atoms with E-state index in [0.717, 1.165) is 12.8 Å². The number of likely N-dealkylation sites (tertiary alicyclic amines) is 1. The van der Waals surface area contributed by atoms with E-state index < -0.39 is 23.7 Å². The number of amides is 3. The highest BCUT2D eigenvalue weighted by atomic mass is 16.6. The molecule has 1 heterocycles. The molecular weight excluding hydrogens is 338 g/mol. The Bertz CT molecular complexity index is 684. The fourth-order valence-electron chi connectivity index (χ4n) is 2.73. The number of nitrogens with two attached hydrogens (primary N) is 1. The van der Waals surface area contributed by atoms with Gasteiger partial charge in [0.05, 0.1) is 17.3 Å². The van der Waals surface area contributed by atoms with Gasteiger partial charge in [-0.3, -0.25) is 5.32 Å². The molecule has 0 spiro atoms.